The van der Waals surface area contributed by atoms with Crippen molar-refractivity contribution in [2.45, 2.75) is 33.6 Å². The minimum Gasteiger partial charge on any atom is -0.243 e. The van der Waals surface area contributed by atoms with Crippen molar-refractivity contribution >= 4 is 60.1 Å². The Morgan fingerprint density at radius 2 is 1.20 bits per heavy atom. The van der Waals surface area contributed by atoms with Gasteiger partial charge in [0.05, 0.1) is 22.4 Å². The quantitative estimate of drug-likeness (QED) is 0.187. The third-order valence-corrected chi connectivity index (χ3v) is 10.8. The highest BCUT2D eigenvalue weighted by molar-refractivity contribution is 7.20. The molecular formula is C43H32N2S. The Balaban J connectivity index is 1.36. The molecule has 1 aliphatic rings. The van der Waals surface area contributed by atoms with Crippen molar-refractivity contribution in [1.29, 1.82) is 0 Å². The molecule has 0 saturated heterocycles. The largest absolute Gasteiger partial charge is 0.243 e. The van der Waals surface area contributed by atoms with Gasteiger partial charge in [-0.1, -0.05) is 109 Å². The van der Waals surface area contributed by atoms with Crippen LogP contribution in [0.5, 0.6) is 0 Å². The maximum Gasteiger partial charge on any atom is 0.0979 e. The number of allylic oxidation sites excluding steroid dienone is 1. The molecule has 0 spiro atoms. The number of fused-ring (bicyclic) bond motifs is 9. The topological polar surface area (TPSA) is 25.8 Å². The fraction of sp³-hybridized carbons (Fsp3) is 0.116. The van der Waals surface area contributed by atoms with Gasteiger partial charge in [0.2, 0.25) is 0 Å². The summed E-state index contributed by atoms with van der Waals surface area (Å²) in [5.74, 6) is 0. The van der Waals surface area contributed by atoms with Crippen LogP contribution in [0.4, 0.5) is 0 Å². The van der Waals surface area contributed by atoms with Crippen LogP contribution in [0.2, 0.25) is 0 Å². The van der Waals surface area contributed by atoms with Crippen LogP contribution in [-0.2, 0) is 6.42 Å². The SMILES string of the molecule is Cc1cc(C)c(-c2nc3c4ccccc4c4ccccc4c3nc2-c2cccc(-c3cccc4c5c(sc34)C=CCC5)c2)c(C)c1. The van der Waals surface area contributed by atoms with Gasteiger partial charge in [-0.2, -0.15) is 0 Å². The summed E-state index contributed by atoms with van der Waals surface area (Å²) in [7, 11) is 0. The Morgan fingerprint density at radius 3 is 1.91 bits per heavy atom. The zero-order valence-electron chi connectivity index (χ0n) is 26.2. The van der Waals surface area contributed by atoms with Crippen LogP contribution in [0.15, 0.2) is 109 Å². The normalized spacial score (nSPS) is 12.8. The van der Waals surface area contributed by atoms with E-state index in [1.807, 2.05) is 11.3 Å². The number of hydrogen-bond donors (Lipinski definition) is 0. The summed E-state index contributed by atoms with van der Waals surface area (Å²) in [5.41, 5.74) is 13.7. The Labute approximate surface area is 272 Å². The first-order valence-corrected chi connectivity index (χ1v) is 16.9. The van der Waals surface area contributed by atoms with Gasteiger partial charge >= 0.3 is 0 Å². The smallest absolute Gasteiger partial charge is 0.0979 e. The van der Waals surface area contributed by atoms with Crippen molar-refractivity contribution in [3.8, 4) is 33.6 Å². The highest BCUT2D eigenvalue weighted by atomic mass is 32.1. The molecule has 2 heterocycles. The molecular weight excluding hydrogens is 577 g/mol. The number of hydrogen-bond acceptors (Lipinski definition) is 3. The van der Waals surface area contributed by atoms with Crippen LogP contribution in [0, 0.1) is 20.8 Å². The van der Waals surface area contributed by atoms with E-state index < -0.39 is 0 Å². The lowest BCUT2D eigenvalue weighted by molar-refractivity contribution is 1.01. The highest BCUT2D eigenvalue weighted by Crippen LogP contribution is 2.43. The van der Waals surface area contributed by atoms with Crippen molar-refractivity contribution in [3.63, 3.8) is 0 Å². The van der Waals surface area contributed by atoms with Crippen LogP contribution in [0.25, 0.3) is 82.4 Å². The van der Waals surface area contributed by atoms with Crippen molar-refractivity contribution in [2.75, 3.05) is 0 Å². The monoisotopic (exact) mass is 608 g/mol. The van der Waals surface area contributed by atoms with Gasteiger partial charge in [0.15, 0.2) is 0 Å². The summed E-state index contributed by atoms with van der Waals surface area (Å²) >= 11 is 1.92. The Morgan fingerprint density at radius 1 is 0.587 bits per heavy atom. The third kappa shape index (κ3) is 4.15. The molecule has 2 aromatic heterocycles. The minimum atomic E-state index is 0.922. The highest BCUT2D eigenvalue weighted by Gasteiger charge is 2.21. The summed E-state index contributed by atoms with van der Waals surface area (Å²) in [4.78, 5) is 12.6. The van der Waals surface area contributed by atoms with Crippen LogP contribution in [0.1, 0.15) is 33.6 Å². The van der Waals surface area contributed by atoms with Crippen LogP contribution >= 0.6 is 11.3 Å². The van der Waals surface area contributed by atoms with Gasteiger partial charge in [0.1, 0.15) is 0 Å². The first kappa shape index (κ1) is 27.2. The van der Waals surface area contributed by atoms with Crippen molar-refractivity contribution in [2.24, 2.45) is 0 Å². The number of benzene rings is 6. The van der Waals surface area contributed by atoms with Gasteiger partial charge in [0.25, 0.3) is 0 Å². The summed E-state index contributed by atoms with van der Waals surface area (Å²) in [6, 6.07) is 37.5. The fourth-order valence-electron chi connectivity index (χ4n) is 7.65. The van der Waals surface area contributed by atoms with E-state index >= 15 is 0 Å². The van der Waals surface area contributed by atoms with E-state index in [2.05, 4.69) is 136 Å². The molecule has 0 saturated carbocycles. The lowest BCUT2D eigenvalue weighted by atomic mass is 9.92. The molecule has 0 N–H and O–H groups in total. The van der Waals surface area contributed by atoms with Crippen LogP contribution < -0.4 is 0 Å². The zero-order chi connectivity index (χ0) is 30.9. The van der Waals surface area contributed by atoms with Gasteiger partial charge in [-0.3, -0.25) is 0 Å². The summed E-state index contributed by atoms with van der Waals surface area (Å²) < 4.78 is 1.36. The molecule has 0 radical (unpaired) electrons. The number of rotatable bonds is 3. The molecule has 46 heavy (non-hydrogen) atoms. The molecule has 0 atom stereocenters. The average Bonchev–Trinajstić information content (AvgIpc) is 3.47. The Hall–Kier alpha value is -5.12. The van der Waals surface area contributed by atoms with Crippen LogP contribution in [-0.4, -0.2) is 9.97 Å². The average molecular weight is 609 g/mol. The number of thiophene rings is 1. The Bertz CT molecular complexity index is 2550. The predicted octanol–water partition coefficient (Wildman–Crippen LogP) is 12.0. The third-order valence-electron chi connectivity index (χ3n) is 9.59. The van der Waals surface area contributed by atoms with E-state index in [-0.39, 0.29) is 0 Å². The van der Waals surface area contributed by atoms with Crippen LogP contribution in [0.3, 0.4) is 0 Å². The second kappa shape index (κ2) is 10.5. The van der Waals surface area contributed by atoms with Gasteiger partial charge in [-0.25, -0.2) is 9.97 Å². The maximum atomic E-state index is 5.59. The molecule has 0 bridgehead atoms. The van der Waals surface area contributed by atoms with Gasteiger partial charge < -0.3 is 0 Å². The second-order valence-electron chi connectivity index (χ2n) is 12.6. The van der Waals surface area contributed by atoms with E-state index in [1.165, 1.54) is 59.1 Å². The standard InChI is InChI=1S/C43H32N2S/c1-25-22-26(2)38(27(3)23-25)42-39(44-40-34-17-6-4-14-31(34)32-15-5-7-18-35(32)41(40)45-42)29-13-10-12-28(24-29)30-19-11-20-36-33-16-8-9-21-37(33)46-43(30)36/h4-7,9-15,17-24H,8,16H2,1-3H3. The number of nitrogens with zero attached hydrogens (tertiary/aromatic N) is 2. The molecule has 0 unspecified atom stereocenters. The molecule has 0 amide bonds. The first-order chi connectivity index (χ1) is 22.5. The van der Waals surface area contributed by atoms with E-state index in [0.29, 0.717) is 0 Å². The lowest BCUT2D eigenvalue weighted by Gasteiger charge is -2.18. The molecule has 3 heteroatoms. The van der Waals surface area contributed by atoms with Gasteiger partial charge in [0, 0.05) is 31.5 Å². The molecule has 8 aromatic rings. The molecule has 220 valence electrons. The molecule has 0 aliphatic heterocycles. The van der Waals surface area contributed by atoms with Crippen molar-refractivity contribution in [1.82, 2.24) is 9.97 Å². The van der Waals surface area contributed by atoms with Gasteiger partial charge in [-0.15, -0.1) is 11.3 Å². The summed E-state index contributed by atoms with van der Waals surface area (Å²) in [5, 5.41) is 6.07. The minimum absolute atomic E-state index is 0.922. The summed E-state index contributed by atoms with van der Waals surface area (Å²) in [6.07, 6.45) is 6.84. The van der Waals surface area contributed by atoms with E-state index in [1.54, 1.807) is 0 Å². The molecule has 0 fully saturated rings. The zero-order valence-corrected chi connectivity index (χ0v) is 27.0. The van der Waals surface area contributed by atoms with E-state index in [9.17, 15) is 0 Å². The summed E-state index contributed by atoms with van der Waals surface area (Å²) in [6.45, 7) is 6.57. The first-order valence-electron chi connectivity index (χ1n) is 16.1. The maximum absolute atomic E-state index is 5.59. The number of aryl methyl sites for hydroxylation is 4. The number of aromatic nitrogens is 2. The van der Waals surface area contributed by atoms with E-state index in [4.69, 9.17) is 9.97 Å². The molecule has 1 aliphatic carbocycles. The molecule has 2 nitrogen and oxygen atoms in total. The predicted molar refractivity (Wildman–Crippen MR) is 198 cm³/mol. The molecule has 6 aromatic carbocycles. The fourth-order valence-corrected chi connectivity index (χ4v) is 8.97. The van der Waals surface area contributed by atoms with Gasteiger partial charge in [-0.05, 0) is 89.7 Å². The molecule has 9 rings (SSSR count). The van der Waals surface area contributed by atoms with E-state index in [0.717, 1.165) is 57.2 Å². The van der Waals surface area contributed by atoms with Crippen molar-refractivity contribution < 1.29 is 0 Å². The van der Waals surface area contributed by atoms with Crippen molar-refractivity contribution in [3.05, 3.63) is 136 Å². The lowest BCUT2D eigenvalue weighted by Crippen LogP contribution is -2.00. The second-order valence-corrected chi connectivity index (χ2v) is 13.7. The Kier molecular flexibility index (Phi) is 6.19.